The molecule has 1 N–H and O–H groups in total. The second-order valence-electron chi connectivity index (χ2n) is 5.04. The third-order valence-electron chi connectivity index (χ3n) is 3.41. The van der Waals surface area contributed by atoms with E-state index in [1.54, 1.807) is 0 Å². The first-order valence-corrected chi connectivity index (χ1v) is 7.46. The molecule has 3 nitrogen and oxygen atoms in total. The largest absolute Gasteiger partial charge is 0.345 e. The Labute approximate surface area is 108 Å². The lowest BCUT2D eigenvalue weighted by atomic mass is 10.0. The molecule has 2 heterocycles. The van der Waals surface area contributed by atoms with Gasteiger partial charge >= 0.3 is 0 Å². The summed E-state index contributed by atoms with van der Waals surface area (Å²) in [5, 5.41) is 4.57. The summed E-state index contributed by atoms with van der Waals surface area (Å²) in [6.07, 6.45) is 4.66. The molecule has 0 radical (unpaired) electrons. The zero-order valence-electron chi connectivity index (χ0n) is 11.1. The molecule has 1 unspecified atom stereocenters. The summed E-state index contributed by atoms with van der Waals surface area (Å²) >= 11 is 1.84. The van der Waals surface area contributed by atoms with Crippen LogP contribution >= 0.6 is 11.3 Å². The van der Waals surface area contributed by atoms with Crippen molar-refractivity contribution in [1.82, 2.24) is 10.3 Å². The van der Waals surface area contributed by atoms with Gasteiger partial charge in [0.2, 0.25) is 0 Å². The molecular weight excluding hydrogens is 230 g/mol. The zero-order chi connectivity index (χ0) is 12.3. The van der Waals surface area contributed by atoms with Crippen LogP contribution in [0.3, 0.4) is 0 Å². The van der Waals surface area contributed by atoms with Gasteiger partial charge in [0.05, 0.1) is 0 Å². The quantitative estimate of drug-likeness (QED) is 0.874. The molecule has 1 aromatic rings. The van der Waals surface area contributed by atoms with Crippen molar-refractivity contribution in [1.29, 1.82) is 0 Å². The van der Waals surface area contributed by atoms with Crippen LogP contribution in [0.4, 0.5) is 5.13 Å². The van der Waals surface area contributed by atoms with Gasteiger partial charge in [-0.1, -0.05) is 20.8 Å². The average Bonchev–Trinajstić information content (AvgIpc) is 2.94. The predicted octanol–water partition coefficient (Wildman–Crippen LogP) is 2.88. The van der Waals surface area contributed by atoms with Gasteiger partial charge in [-0.2, -0.15) is 0 Å². The van der Waals surface area contributed by atoms with Crippen LogP contribution in [0.1, 0.15) is 38.5 Å². The smallest absolute Gasteiger partial charge is 0.185 e. The molecule has 0 saturated carbocycles. The van der Waals surface area contributed by atoms with Gasteiger partial charge in [-0.3, -0.25) is 0 Å². The van der Waals surface area contributed by atoms with E-state index in [0.717, 1.165) is 19.0 Å². The maximum absolute atomic E-state index is 4.59. The zero-order valence-corrected chi connectivity index (χ0v) is 11.9. The van der Waals surface area contributed by atoms with E-state index in [1.807, 2.05) is 17.5 Å². The van der Waals surface area contributed by atoms with Crippen molar-refractivity contribution >= 4 is 16.5 Å². The van der Waals surface area contributed by atoms with Crippen LogP contribution in [0.5, 0.6) is 0 Å². The van der Waals surface area contributed by atoms with Crippen LogP contribution in [0.2, 0.25) is 0 Å². The molecule has 1 aliphatic rings. The first-order chi connectivity index (χ1) is 8.22. The molecule has 0 bridgehead atoms. The van der Waals surface area contributed by atoms with E-state index < -0.39 is 0 Å². The molecule has 0 aromatic carbocycles. The average molecular weight is 253 g/mol. The number of nitrogens with one attached hydrogen (secondary N) is 1. The molecular formula is C13H23N3S. The number of aromatic nitrogens is 1. The Morgan fingerprint density at radius 2 is 2.41 bits per heavy atom. The molecule has 0 spiro atoms. The SMILES string of the molecule is CCNCc1cnc(N2CCCC2C(C)C)s1. The molecule has 1 saturated heterocycles. The van der Waals surface area contributed by atoms with Gasteiger partial charge in [0.1, 0.15) is 0 Å². The standard InChI is InChI=1S/C13H23N3S/c1-4-14-8-11-9-15-13(17-11)16-7-5-6-12(16)10(2)3/h9-10,12,14H,4-8H2,1-3H3. The lowest BCUT2D eigenvalue weighted by Crippen LogP contribution is -2.33. The normalized spacial score (nSPS) is 20.5. The van der Waals surface area contributed by atoms with E-state index >= 15 is 0 Å². The van der Waals surface area contributed by atoms with E-state index in [2.05, 4.69) is 36.0 Å². The fraction of sp³-hybridized carbons (Fsp3) is 0.769. The first kappa shape index (κ1) is 12.8. The van der Waals surface area contributed by atoms with Crippen molar-refractivity contribution in [2.45, 2.75) is 46.2 Å². The minimum absolute atomic E-state index is 0.688. The minimum atomic E-state index is 0.688. The monoisotopic (exact) mass is 253 g/mol. The molecule has 17 heavy (non-hydrogen) atoms. The van der Waals surface area contributed by atoms with E-state index in [-0.39, 0.29) is 0 Å². The Hall–Kier alpha value is -0.610. The summed E-state index contributed by atoms with van der Waals surface area (Å²) < 4.78 is 0. The van der Waals surface area contributed by atoms with Crippen molar-refractivity contribution in [2.75, 3.05) is 18.0 Å². The van der Waals surface area contributed by atoms with Gasteiger partial charge in [0.25, 0.3) is 0 Å². The van der Waals surface area contributed by atoms with Crippen molar-refractivity contribution in [2.24, 2.45) is 5.92 Å². The van der Waals surface area contributed by atoms with E-state index in [0.29, 0.717) is 6.04 Å². The van der Waals surface area contributed by atoms with Gasteiger partial charge in [-0.05, 0) is 25.3 Å². The summed E-state index contributed by atoms with van der Waals surface area (Å²) in [5.41, 5.74) is 0. The highest BCUT2D eigenvalue weighted by atomic mass is 32.1. The lowest BCUT2D eigenvalue weighted by Gasteiger charge is -2.27. The number of thiazole rings is 1. The fourth-order valence-electron chi connectivity index (χ4n) is 2.48. The molecule has 1 aromatic heterocycles. The first-order valence-electron chi connectivity index (χ1n) is 6.64. The highest BCUT2D eigenvalue weighted by Gasteiger charge is 2.28. The number of hydrogen-bond donors (Lipinski definition) is 1. The maximum atomic E-state index is 4.59. The van der Waals surface area contributed by atoms with Crippen molar-refractivity contribution in [3.63, 3.8) is 0 Å². The van der Waals surface area contributed by atoms with E-state index in [9.17, 15) is 0 Å². The summed E-state index contributed by atoms with van der Waals surface area (Å²) in [6.45, 7) is 9.92. The van der Waals surface area contributed by atoms with Gasteiger partial charge in [0, 0.05) is 30.2 Å². The Morgan fingerprint density at radius 3 is 3.12 bits per heavy atom. The summed E-state index contributed by atoms with van der Waals surface area (Å²) in [4.78, 5) is 8.44. The molecule has 1 atom stereocenters. The Bertz CT molecular complexity index is 348. The van der Waals surface area contributed by atoms with Crippen LogP contribution in [-0.4, -0.2) is 24.1 Å². The van der Waals surface area contributed by atoms with Crippen molar-refractivity contribution in [3.05, 3.63) is 11.1 Å². The third-order valence-corrected chi connectivity index (χ3v) is 4.44. The van der Waals surface area contributed by atoms with Gasteiger partial charge in [-0.25, -0.2) is 4.98 Å². The van der Waals surface area contributed by atoms with Crippen molar-refractivity contribution in [3.8, 4) is 0 Å². The lowest BCUT2D eigenvalue weighted by molar-refractivity contribution is 0.491. The molecule has 4 heteroatoms. The molecule has 1 aliphatic heterocycles. The summed E-state index contributed by atoms with van der Waals surface area (Å²) in [6, 6.07) is 0.688. The molecule has 0 aliphatic carbocycles. The van der Waals surface area contributed by atoms with E-state index in [1.165, 1.54) is 29.4 Å². The van der Waals surface area contributed by atoms with Crippen LogP contribution in [-0.2, 0) is 6.54 Å². The Morgan fingerprint density at radius 1 is 1.59 bits per heavy atom. The fourth-order valence-corrected chi connectivity index (χ4v) is 3.45. The number of nitrogens with zero attached hydrogens (tertiary/aromatic N) is 2. The Kier molecular flexibility index (Phi) is 4.40. The van der Waals surface area contributed by atoms with Gasteiger partial charge in [0.15, 0.2) is 5.13 Å². The van der Waals surface area contributed by atoms with Crippen molar-refractivity contribution < 1.29 is 0 Å². The van der Waals surface area contributed by atoms with Crippen LogP contribution in [0.25, 0.3) is 0 Å². The topological polar surface area (TPSA) is 28.2 Å². The second-order valence-corrected chi connectivity index (χ2v) is 6.13. The predicted molar refractivity (Wildman–Crippen MR) is 74.7 cm³/mol. The number of anilines is 1. The maximum Gasteiger partial charge on any atom is 0.185 e. The van der Waals surface area contributed by atoms with E-state index in [4.69, 9.17) is 0 Å². The molecule has 2 rings (SSSR count). The highest BCUT2D eigenvalue weighted by Crippen LogP contribution is 2.32. The summed E-state index contributed by atoms with van der Waals surface area (Å²) in [5.74, 6) is 0.721. The molecule has 1 fully saturated rings. The number of hydrogen-bond acceptors (Lipinski definition) is 4. The molecule has 0 amide bonds. The van der Waals surface area contributed by atoms with Crippen LogP contribution in [0.15, 0.2) is 6.20 Å². The minimum Gasteiger partial charge on any atom is -0.345 e. The van der Waals surface area contributed by atoms with Crippen LogP contribution in [0, 0.1) is 5.92 Å². The van der Waals surface area contributed by atoms with Gasteiger partial charge in [-0.15, -0.1) is 11.3 Å². The third kappa shape index (κ3) is 2.99. The summed E-state index contributed by atoms with van der Waals surface area (Å²) in [7, 11) is 0. The molecule has 96 valence electrons. The van der Waals surface area contributed by atoms with Crippen LogP contribution < -0.4 is 10.2 Å². The van der Waals surface area contributed by atoms with Gasteiger partial charge < -0.3 is 10.2 Å². The Balaban J connectivity index is 2.03. The highest BCUT2D eigenvalue weighted by molar-refractivity contribution is 7.15. The second kappa shape index (κ2) is 5.83. The number of rotatable bonds is 5.